The molecule has 8 nitrogen and oxygen atoms in total. The number of sulfonamides is 1. The van der Waals surface area contributed by atoms with Gasteiger partial charge in [0.25, 0.3) is 10.0 Å². The highest BCUT2D eigenvalue weighted by molar-refractivity contribution is 7.92. The summed E-state index contributed by atoms with van der Waals surface area (Å²) < 4.78 is 34.2. The van der Waals surface area contributed by atoms with E-state index < -0.39 is 28.5 Å². The number of anilines is 1. The molecule has 0 spiro atoms. The molecule has 0 fully saturated rings. The van der Waals surface area contributed by atoms with Crippen molar-refractivity contribution < 1.29 is 22.7 Å². The Bertz CT molecular complexity index is 1430. The summed E-state index contributed by atoms with van der Waals surface area (Å²) in [6.07, 6.45) is 0.339. The van der Waals surface area contributed by atoms with Gasteiger partial charge in [-0.1, -0.05) is 62.2 Å². The number of ether oxygens (including phenoxy) is 1. The molecule has 0 saturated heterocycles. The van der Waals surface area contributed by atoms with E-state index in [0.717, 1.165) is 15.4 Å². The molecule has 0 unspecified atom stereocenters. The number of benzene rings is 3. The van der Waals surface area contributed by atoms with Crippen LogP contribution in [0.2, 0.25) is 5.02 Å². The normalized spacial score (nSPS) is 12.1. The van der Waals surface area contributed by atoms with Crippen LogP contribution in [0.25, 0.3) is 0 Å². The molecule has 2 amide bonds. The lowest BCUT2D eigenvalue weighted by atomic mass is 10.1. The Labute approximate surface area is 248 Å². The number of carbonyl (C=O) groups excluding carboxylic acids is 2. The number of nitrogens with one attached hydrogen (secondary N) is 1. The van der Waals surface area contributed by atoms with Crippen molar-refractivity contribution in [3.63, 3.8) is 0 Å². The first-order chi connectivity index (χ1) is 19.5. The van der Waals surface area contributed by atoms with Crippen molar-refractivity contribution in [1.29, 1.82) is 0 Å². The molecule has 3 aromatic carbocycles. The molecule has 0 saturated carbocycles. The smallest absolute Gasteiger partial charge is 0.264 e. The number of amides is 2. The highest BCUT2D eigenvalue weighted by Crippen LogP contribution is 2.27. The molecule has 0 aliphatic rings. The number of aryl methyl sites for hydroxylation is 1. The van der Waals surface area contributed by atoms with E-state index in [4.69, 9.17) is 16.3 Å². The minimum absolute atomic E-state index is 0.0481. The Morgan fingerprint density at radius 1 is 1.00 bits per heavy atom. The van der Waals surface area contributed by atoms with E-state index in [2.05, 4.69) is 5.32 Å². The lowest BCUT2D eigenvalue weighted by Gasteiger charge is -2.33. The molecule has 0 heterocycles. The van der Waals surface area contributed by atoms with Crippen LogP contribution >= 0.6 is 11.6 Å². The van der Waals surface area contributed by atoms with Gasteiger partial charge in [0.15, 0.2) is 0 Å². The van der Waals surface area contributed by atoms with Crippen molar-refractivity contribution in [2.24, 2.45) is 5.92 Å². The predicted molar refractivity (Wildman–Crippen MR) is 163 cm³/mol. The Morgan fingerprint density at radius 3 is 2.24 bits per heavy atom. The fourth-order valence-corrected chi connectivity index (χ4v) is 5.82. The standard InChI is InChI=1S/C31H38ClN3O5S/c1-6-29(31(37)33-19-22(2)3)34(20-24-8-7-9-27(18-24)40-5)30(36)21-35(26-14-12-25(32)13-15-26)41(38,39)28-16-10-23(4)11-17-28/h7-18,22,29H,6,19-21H2,1-5H3,(H,33,37)/t29-/m1/s1. The molecule has 3 aromatic rings. The highest BCUT2D eigenvalue weighted by atomic mass is 35.5. The first-order valence-electron chi connectivity index (χ1n) is 13.5. The molecule has 1 N–H and O–H groups in total. The zero-order chi connectivity index (χ0) is 30.2. The predicted octanol–water partition coefficient (Wildman–Crippen LogP) is 5.43. The largest absolute Gasteiger partial charge is 0.497 e. The van der Waals surface area contributed by atoms with Gasteiger partial charge < -0.3 is 15.0 Å². The zero-order valence-electron chi connectivity index (χ0n) is 24.1. The minimum Gasteiger partial charge on any atom is -0.497 e. The lowest BCUT2D eigenvalue weighted by Crippen LogP contribution is -2.52. The van der Waals surface area contributed by atoms with E-state index in [1.165, 1.54) is 17.0 Å². The van der Waals surface area contributed by atoms with Gasteiger partial charge in [-0.25, -0.2) is 8.42 Å². The highest BCUT2D eigenvalue weighted by Gasteiger charge is 2.33. The van der Waals surface area contributed by atoms with Gasteiger partial charge in [0, 0.05) is 18.1 Å². The van der Waals surface area contributed by atoms with Gasteiger partial charge in [-0.05, 0) is 73.4 Å². The second kappa shape index (κ2) is 14.4. The molecule has 0 aromatic heterocycles. The van der Waals surface area contributed by atoms with Crippen molar-refractivity contribution in [2.75, 3.05) is 24.5 Å². The van der Waals surface area contributed by atoms with Gasteiger partial charge in [-0.3, -0.25) is 13.9 Å². The summed E-state index contributed by atoms with van der Waals surface area (Å²) in [6, 6.07) is 19.1. The van der Waals surface area contributed by atoms with E-state index in [9.17, 15) is 18.0 Å². The van der Waals surface area contributed by atoms with Crippen LogP contribution in [0.4, 0.5) is 5.69 Å². The number of rotatable bonds is 13. The number of carbonyl (C=O) groups is 2. The minimum atomic E-state index is -4.15. The quantitative estimate of drug-likeness (QED) is 0.283. The topological polar surface area (TPSA) is 96.0 Å². The molecule has 0 radical (unpaired) electrons. The first-order valence-corrected chi connectivity index (χ1v) is 15.3. The first kappa shape index (κ1) is 32.0. The van der Waals surface area contributed by atoms with Crippen molar-refractivity contribution in [3.05, 3.63) is 88.9 Å². The fourth-order valence-electron chi connectivity index (χ4n) is 4.28. The van der Waals surface area contributed by atoms with E-state index in [1.807, 2.05) is 33.8 Å². The van der Waals surface area contributed by atoms with Gasteiger partial charge in [0.2, 0.25) is 11.8 Å². The Balaban J connectivity index is 2.05. The van der Waals surface area contributed by atoms with Crippen molar-refractivity contribution in [2.45, 2.75) is 51.6 Å². The molecule has 220 valence electrons. The van der Waals surface area contributed by atoms with Crippen LogP contribution in [0.3, 0.4) is 0 Å². The van der Waals surface area contributed by atoms with E-state index >= 15 is 0 Å². The van der Waals surface area contributed by atoms with Crippen molar-refractivity contribution in [3.8, 4) is 5.75 Å². The summed E-state index contributed by atoms with van der Waals surface area (Å²) in [6.45, 7) is 7.68. The van der Waals surface area contributed by atoms with Crippen LogP contribution in [-0.2, 0) is 26.2 Å². The number of nitrogens with zero attached hydrogens (tertiary/aromatic N) is 2. The summed E-state index contributed by atoms with van der Waals surface area (Å²) in [4.78, 5) is 28.9. The summed E-state index contributed by atoms with van der Waals surface area (Å²) in [5.74, 6) is 0.0119. The van der Waals surface area contributed by atoms with Crippen LogP contribution in [0.15, 0.2) is 77.7 Å². The molecule has 0 bridgehead atoms. The van der Waals surface area contributed by atoms with Gasteiger partial charge in [0.05, 0.1) is 17.7 Å². The number of hydrogen-bond acceptors (Lipinski definition) is 5. The summed E-state index contributed by atoms with van der Waals surface area (Å²) in [5.41, 5.74) is 1.93. The van der Waals surface area contributed by atoms with Crippen LogP contribution in [0.1, 0.15) is 38.3 Å². The molecule has 0 aliphatic heterocycles. The molecule has 3 rings (SSSR count). The second-order valence-electron chi connectivity index (χ2n) is 10.2. The SMILES string of the molecule is CC[C@H](C(=O)NCC(C)C)N(Cc1cccc(OC)c1)C(=O)CN(c1ccc(Cl)cc1)S(=O)(=O)c1ccc(C)cc1. The number of methoxy groups -OCH3 is 1. The monoisotopic (exact) mass is 599 g/mol. The zero-order valence-corrected chi connectivity index (χ0v) is 25.7. The Kier molecular flexibility index (Phi) is 11.2. The van der Waals surface area contributed by atoms with Crippen LogP contribution in [0.5, 0.6) is 5.75 Å². The van der Waals surface area contributed by atoms with Crippen molar-refractivity contribution in [1.82, 2.24) is 10.2 Å². The van der Waals surface area contributed by atoms with Crippen LogP contribution in [0, 0.1) is 12.8 Å². The number of halogens is 1. The molecule has 0 aliphatic carbocycles. The summed E-state index contributed by atoms with van der Waals surface area (Å²) in [5, 5.41) is 3.36. The maximum Gasteiger partial charge on any atom is 0.264 e. The third-order valence-corrected chi connectivity index (χ3v) is 8.60. The maximum atomic E-state index is 14.1. The lowest BCUT2D eigenvalue weighted by molar-refractivity contribution is -0.140. The van der Waals surface area contributed by atoms with E-state index in [-0.39, 0.29) is 29.0 Å². The average Bonchev–Trinajstić information content (AvgIpc) is 2.95. The van der Waals surface area contributed by atoms with Crippen LogP contribution < -0.4 is 14.4 Å². The number of hydrogen-bond donors (Lipinski definition) is 1. The van der Waals surface area contributed by atoms with Gasteiger partial charge in [-0.15, -0.1) is 0 Å². The fraction of sp³-hybridized carbons (Fsp3) is 0.355. The van der Waals surface area contributed by atoms with Gasteiger partial charge >= 0.3 is 0 Å². The summed E-state index contributed by atoms with van der Waals surface area (Å²) >= 11 is 6.09. The summed E-state index contributed by atoms with van der Waals surface area (Å²) in [7, 11) is -2.60. The molecule has 10 heteroatoms. The van der Waals surface area contributed by atoms with Gasteiger partial charge in [0.1, 0.15) is 18.3 Å². The van der Waals surface area contributed by atoms with Crippen LogP contribution in [-0.4, -0.2) is 51.4 Å². The van der Waals surface area contributed by atoms with E-state index in [0.29, 0.717) is 23.7 Å². The Hall–Kier alpha value is -3.56. The van der Waals surface area contributed by atoms with E-state index in [1.54, 1.807) is 61.7 Å². The molecular formula is C31H38ClN3O5S. The molecular weight excluding hydrogens is 562 g/mol. The average molecular weight is 600 g/mol. The van der Waals surface area contributed by atoms with Gasteiger partial charge in [-0.2, -0.15) is 0 Å². The molecule has 1 atom stereocenters. The Morgan fingerprint density at radius 2 is 1.66 bits per heavy atom. The molecule has 41 heavy (non-hydrogen) atoms. The third kappa shape index (κ3) is 8.47. The second-order valence-corrected chi connectivity index (χ2v) is 12.5. The third-order valence-electron chi connectivity index (χ3n) is 6.56. The maximum absolute atomic E-state index is 14.1. The van der Waals surface area contributed by atoms with Crippen molar-refractivity contribution >= 4 is 39.1 Å².